The van der Waals surface area contributed by atoms with E-state index in [-0.39, 0.29) is 35.0 Å². The predicted octanol–water partition coefficient (Wildman–Crippen LogP) is 6.63. The fourth-order valence-electron chi connectivity index (χ4n) is 4.74. The van der Waals surface area contributed by atoms with Crippen molar-refractivity contribution in [2.45, 2.75) is 66.5 Å². The summed E-state index contributed by atoms with van der Waals surface area (Å²) in [6.07, 6.45) is 4.52. The predicted molar refractivity (Wildman–Crippen MR) is 172 cm³/mol. The molecule has 3 aromatic rings. The molecule has 4 rings (SSSR count). The van der Waals surface area contributed by atoms with E-state index in [9.17, 15) is 4.79 Å². The number of carbonyl (C=O) groups excluding carboxylic acids is 1. The number of nitrogens with two attached hydrogens (primary N) is 1. The van der Waals surface area contributed by atoms with Crippen LogP contribution in [-0.4, -0.2) is 22.3 Å². The summed E-state index contributed by atoms with van der Waals surface area (Å²) in [5.41, 5.74) is 10.7. The Kier molecular flexibility index (Phi) is 9.53. The smallest absolute Gasteiger partial charge is 0.320 e. The Bertz CT molecular complexity index is 1590. The summed E-state index contributed by atoms with van der Waals surface area (Å²) in [6.45, 7) is 11.9. The summed E-state index contributed by atoms with van der Waals surface area (Å²) in [4.78, 5) is 18.0. The molecule has 1 aliphatic rings. The number of amidine groups is 1. The van der Waals surface area contributed by atoms with Crippen LogP contribution in [0.25, 0.3) is 0 Å². The zero-order valence-electron chi connectivity index (χ0n) is 25.9. The molecule has 0 unspecified atom stereocenters. The van der Waals surface area contributed by atoms with E-state index in [4.69, 9.17) is 21.3 Å². The highest BCUT2D eigenvalue weighted by Crippen LogP contribution is 2.38. The van der Waals surface area contributed by atoms with Crippen LogP contribution in [-0.2, 0) is 0 Å². The minimum absolute atomic E-state index is 0.0272. The Morgan fingerprint density at radius 3 is 2.40 bits per heavy atom. The van der Waals surface area contributed by atoms with Crippen molar-refractivity contribution < 1.29 is 9.53 Å². The molecule has 0 fully saturated rings. The zero-order chi connectivity index (χ0) is 31.3. The van der Waals surface area contributed by atoms with Gasteiger partial charge in [0.25, 0.3) is 0 Å². The molecule has 2 atom stereocenters. The van der Waals surface area contributed by atoms with Crippen LogP contribution in [0.1, 0.15) is 76.3 Å². The maximum absolute atomic E-state index is 13.3. The van der Waals surface area contributed by atoms with Crippen LogP contribution in [0.15, 0.2) is 83.6 Å². The largest absolute Gasteiger partial charge is 0.484 e. The topological polar surface area (TPSA) is 141 Å². The van der Waals surface area contributed by atoms with E-state index in [1.807, 2.05) is 90.1 Å². The molecule has 0 saturated carbocycles. The van der Waals surface area contributed by atoms with E-state index in [0.29, 0.717) is 41.6 Å². The number of urea groups is 1. The van der Waals surface area contributed by atoms with Gasteiger partial charge in [-0.1, -0.05) is 76.6 Å². The van der Waals surface area contributed by atoms with Crippen molar-refractivity contribution in [1.82, 2.24) is 15.2 Å². The van der Waals surface area contributed by atoms with Crippen LogP contribution in [0.3, 0.4) is 0 Å². The molecule has 2 amide bonds. The van der Waals surface area contributed by atoms with Gasteiger partial charge in [-0.25, -0.2) is 9.79 Å². The molecule has 43 heavy (non-hydrogen) atoms. The molecule has 0 bridgehead atoms. The second kappa shape index (κ2) is 13.1. The number of ether oxygens (including phenoxy) is 1. The first kappa shape index (κ1) is 31.3. The lowest BCUT2D eigenvalue weighted by molar-refractivity contribution is 0.171. The first-order valence-electron chi connectivity index (χ1n) is 14.6. The fraction of sp³-hybridized carbons (Fsp3) is 0.353. The van der Waals surface area contributed by atoms with E-state index in [2.05, 4.69) is 15.6 Å². The summed E-state index contributed by atoms with van der Waals surface area (Å²) in [5, 5.41) is 22.6. The number of hydrogen-bond donors (Lipinski definition) is 5. The maximum Gasteiger partial charge on any atom is 0.320 e. The Morgan fingerprint density at radius 1 is 1.07 bits per heavy atom. The average Bonchev–Trinajstić information content (AvgIpc) is 2.95. The van der Waals surface area contributed by atoms with Crippen molar-refractivity contribution in [3.05, 3.63) is 101 Å². The number of allylic oxidation sites excluding steroid dienone is 1. The van der Waals surface area contributed by atoms with Crippen molar-refractivity contribution in [3.63, 3.8) is 0 Å². The van der Waals surface area contributed by atoms with E-state index >= 15 is 0 Å². The van der Waals surface area contributed by atoms with Gasteiger partial charge in [-0.05, 0) is 55.2 Å². The van der Waals surface area contributed by atoms with Gasteiger partial charge in [-0.15, -0.1) is 0 Å². The van der Waals surface area contributed by atoms with Gasteiger partial charge in [0.15, 0.2) is 0 Å². The Morgan fingerprint density at radius 2 is 1.74 bits per heavy atom. The number of pyridine rings is 1. The molecule has 1 heterocycles. The lowest BCUT2D eigenvalue weighted by Crippen LogP contribution is -2.42. The lowest BCUT2D eigenvalue weighted by Gasteiger charge is -2.32. The highest BCUT2D eigenvalue weighted by Gasteiger charge is 2.29. The van der Waals surface area contributed by atoms with Crippen LogP contribution in [0.4, 0.5) is 10.5 Å². The summed E-state index contributed by atoms with van der Waals surface area (Å²) >= 11 is 0. The van der Waals surface area contributed by atoms with Crippen LogP contribution < -0.4 is 26.6 Å². The van der Waals surface area contributed by atoms with Gasteiger partial charge in [-0.3, -0.25) is 20.7 Å². The Balaban J connectivity index is 1.53. The second-order valence-corrected chi connectivity index (χ2v) is 12.3. The highest BCUT2D eigenvalue weighted by molar-refractivity contribution is 6.05. The SMILES string of the molecule is Cc1ccc(N=C(/C=C(\N)C(C)(C)C)NC(=O)N[C@H]2CC[C@@H](Oc3ccc(=N)n(C(=N)C(C)C)c3)c3ccccc32)cc1. The normalized spacial score (nSPS) is 17.3. The monoisotopic (exact) mass is 581 g/mol. The third-order valence-corrected chi connectivity index (χ3v) is 7.43. The van der Waals surface area contributed by atoms with E-state index in [1.165, 1.54) is 0 Å². The van der Waals surface area contributed by atoms with Crippen LogP contribution in [0.2, 0.25) is 0 Å². The number of amides is 2. The minimum atomic E-state index is -0.373. The van der Waals surface area contributed by atoms with Gasteiger partial charge in [0, 0.05) is 23.1 Å². The number of aliphatic imine (C=N–C) groups is 1. The first-order valence-corrected chi connectivity index (χ1v) is 14.6. The van der Waals surface area contributed by atoms with Gasteiger partial charge in [0.2, 0.25) is 0 Å². The van der Waals surface area contributed by atoms with E-state index in [1.54, 1.807) is 29.0 Å². The molecule has 1 aromatic heterocycles. The molecular weight excluding hydrogens is 538 g/mol. The number of nitrogens with one attached hydrogen (secondary N) is 4. The number of aryl methyl sites for hydroxylation is 1. The number of aromatic nitrogens is 1. The Labute approximate surface area is 253 Å². The Hall–Kier alpha value is -4.66. The number of nitrogens with zero attached hydrogens (tertiary/aromatic N) is 2. The van der Waals surface area contributed by atoms with E-state index in [0.717, 1.165) is 16.7 Å². The standard InChI is InChI=1S/C34H43N7O2/c1-21(2)32(37)41-20-24(15-18-30(41)36)43-28-17-16-27(25-9-7-8-10-26(25)28)39-33(42)40-31(19-29(35)34(4,5)6)38-23-13-11-22(3)12-14-23/h7-15,18-21,27-28,36-37H,16-17,35H2,1-6H3,(H2,38,39,40,42)/b29-19-,36-30?,37-32?/t27-,28+/m0/s1. The number of carbonyl (C=O) groups is 1. The highest BCUT2D eigenvalue weighted by atomic mass is 16.5. The van der Waals surface area contributed by atoms with Crippen LogP contribution in [0, 0.1) is 29.1 Å². The van der Waals surface area contributed by atoms with Crippen LogP contribution in [0.5, 0.6) is 5.75 Å². The average molecular weight is 582 g/mol. The second-order valence-electron chi connectivity index (χ2n) is 12.3. The van der Waals surface area contributed by atoms with Crippen LogP contribution >= 0.6 is 0 Å². The fourth-order valence-corrected chi connectivity index (χ4v) is 4.74. The number of rotatable bonds is 6. The third-order valence-electron chi connectivity index (χ3n) is 7.43. The van der Waals surface area contributed by atoms with Crippen molar-refractivity contribution >= 4 is 23.4 Å². The molecule has 0 saturated heterocycles. The lowest BCUT2D eigenvalue weighted by atomic mass is 9.85. The summed E-state index contributed by atoms with van der Waals surface area (Å²) in [6, 6.07) is 18.5. The molecule has 6 N–H and O–H groups in total. The van der Waals surface area contributed by atoms with Gasteiger partial charge in [-0.2, -0.15) is 0 Å². The van der Waals surface area contributed by atoms with Crippen molar-refractivity contribution in [1.29, 1.82) is 10.8 Å². The maximum atomic E-state index is 13.3. The third kappa shape index (κ3) is 8.00. The molecule has 9 heteroatoms. The number of benzene rings is 2. The van der Waals surface area contributed by atoms with Crippen molar-refractivity contribution in [2.75, 3.05) is 0 Å². The number of fused-ring (bicyclic) bond motifs is 1. The summed E-state index contributed by atoms with van der Waals surface area (Å²) < 4.78 is 7.95. The zero-order valence-corrected chi connectivity index (χ0v) is 25.9. The van der Waals surface area contributed by atoms with Gasteiger partial charge in [0.1, 0.15) is 29.0 Å². The summed E-state index contributed by atoms with van der Waals surface area (Å²) in [5.74, 6) is 1.25. The van der Waals surface area contributed by atoms with Gasteiger partial charge in [0.05, 0.1) is 17.9 Å². The van der Waals surface area contributed by atoms with Crippen molar-refractivity contribution in [2.24, 2.45) is 22.1 Å². The van der Waals surface area contributed by atoms with Crippen molar-refractivity contribution in [3.8, 4) is 5.75 Å². The number of hydrogen-bond acceptors (Lipinski definition) is 6. The molecule has 2 aromatic carbocycles. The molecular formula is C34H43N7O2. The molecule has 1 aliphatic carbocycles. The van der Waals surface area contributed by atoms with Gasteiger partial charge >= 0.3 is 6.03 Å². The molecule has 0 spiro atoms. The molecule has 0 aliphatic heterocycles. The molecule has 0 radical (unpaired) electrons. The molecule has 9 nitrogen and oxygen atoms in total. The minimum Gasteiger partial charge on any atom is -0.484 e. The first-order chi connectivity index (χ1) is 20.3. The van der Waals surface area contributed by atoms with E-state index < -0.39 is 0 Å². The quantitative estimate of drug-likeness (QED) is 0.165. The summed E-state index contributed by atoms with van der Waals surface area (Å²) in [7, 11) is 0. The molecule has 226 valence electrons. The van der Waals surface area contributed by atoms with Gasteiger partial charge < -0.3 is 15.8 Å².